The first-order chi connectivity index (χ1) is 9.85. The highest BCUT2D eigenvalue weighted by atomic mass is 15.1. The summed E-state index contributed by atoms with van der Waals surface area (Å²) >= 11 is 0. The lowest BCUT2D eigenvalue weighted by Crippen LogP contribution is -2.35. The Bertz CT molecular complexity index is 556. The van der Waals surface area contributed by atoms with Crippen LogP contribution in [0.1, 0.15) is 19.8 Å². The van der Waals surface area contributed by atoms with Crippen molar-refractivity contribution < 1.29 is 0 Å². The molecule has 1 aliphatic rings. The van der Waals surface area contributed by atoms with Crippen LogP contribution >= 0.6 is 0 Å². The molecule has 1 fully saturated rings. The maximum Gasteiger partial charge on any atom is 0.0346 e. The van der Waals surface area contributed by atoms with Crippen molar-refractivity contribution in [1.29, 1.82) is 0 Å². The van der Waals surface area contributed by atoms with Crippen LogP contribution in [-0.4, -0.2) is 31.1 Å². The largest absolute Gasteiger partial charge is 0.385 e. The monoisotopic (exact) mass is 268 g/mol. The van der Waals surface area contributed by atoms with Crippen LogP contribution in [0.3, 0.4) is 0 Å². The maximum atomic E-state index is 3.62. The summed E-state index contributed by atoms with van der Waals surface area (Å²) in [6.45, 7) is 7.09. The third-order valence-corrected chi connectivity index (χ3v) is 4.50. The van der Waals surface area contributed by atoms with Crippen LogP contribution in [0.2, 0.25) is 0 Å². The van der Waals surface area contributed by atoms with Crippen molar-refractivity contribution >= 4 is 16.5 Å². The maximum absolute atomic E-state index is 3.62. The zero-order valence-electron chi connectivity index (χ0n) is 12.3. The van der Waals surface area contributed by atoms with Gasteiger partial charge in [-0.15, -0.1) is 0 Å². The van der Waals surface area contributed by atoms with E-state index in [0.29, 0.717) is 0 Å². The lowest BCUT2D eigenvalue weighted by Gasteiger charge is -2.31. The zero-order valence-corrected chi connectivity index (χ0v) is 12.3. The van der Waals surface area contributed by atoms with Gasteiger partial charge in [-0.25, -0.2) is 0 Å². The zero-order chi connectivity index (χ0) is 13.8. The summed E-state index contributed by atoms with van der Waals surface area (Å²) in [4.78, 5) is 2.55. The molecule has 0 bridgehead atoms. The number of benzene rings is 2. The standard InChI is InChI=1S/C18H24N2/c1-2-20-11-9-15(10-12-20)14-19-18-8-7-16-5-3-4-6-17(16)13-18/h3-8,13,15,19H,2,9-12,14H2,1H3. The van der Waals surface area contributed by atoms with Crippen molar-refractivity contribution in [2.45, 2.75) is 19.8 Å². The van der Waals surface area contributed by atoms with E-state index in [0.717, 1.165) is 12.5 Å². The predicted molar refractivity (Wildman–Crippen MR) is 87.3 cm³/mol. The molecule has 106 valence electrons. The van der Waals surface area contributed by atoms with Gasteiger partial charge in [0.25, 0.3) is 0 Å². The van der Waals surface area contributed by atoms with Crippen molar-refractivity contribution in [2.24, 2.45) is 5.92 Å². The van der Waals surface area contributed by atoms with Crippen LogP contribution < -0.4 is 5.32 Å². The molecular formula is C18H24N2. The summed E-state index contributed by atoms with van der Waals surface area (Å²) in [6.07, 6.45) is 2.66. The fraction of sp³-hybridized carbons (Fsp3) is 0.444. The quantitative estimate of drug-likeness (QED) is 0.902. The molecule has 1 saturated heterocycles. The van der Waals surface area contributed by atoms with Crippen LogP contribution in [0.5, 0.6) is 0 Å². The Morgan fingerprint density at radius 1 is 1.05 bits per heavy atom. The molecule has 1 N–H and O–H groups in total. The Labute approximate surface area is 121 Å². The number of nitrogens with one attached hydrogen (secondary N) is 1. The third kappa shape index (κ3) is 3.13. The van der Waals surface area contributed by atoms with Gasteiger partial charge in [0.15, 0.2) is 0 Å². The Balaban J connectivity index is 1.57. The van der Waals surface area contributed by atoms with Gasteiger partial charge in [0.1, 0.15) is 0 Å². The smallest absolute Gasteiger partial charge is 0.0346 e. The number of piperidine rings is 1. The molecule has 0 radical (unpaired) electrons. The molecule has 0 saturated carbocycles. The number of fused-ring (bicyclic) bond motifs is 1. The fourth-order valence-electron chi connectivity index (χ4n) is 3.07. The van der Waals surface area contributed by atoms with E-state index in [2.05, 4.69) is 59.6 Å². The van der Waals surface area contributed by atoms with Gasteiger partial charge in [-0.05, 0) is 61.3 Å². The third-order valence-electron chi connectivity index (χ3n) is 4.50. The van der Waals surface area contributed by atoms with Gasteiger partial charge >= 0.3 is 0 Å². The summed E-state index contributed by atoms with van der Waals surface area (Å²) in [6, 6.07) is 15.2. The molecule has 1 aliphatic heterocycles. The molecular weight excluding hydrogens is 244 g/mol. The average molecular weight is 268 g/mol. The number of likely N-dealkylation sites (tertiary alicyclic amines) is 1. The van der Waals surface area contributed by atoms with Crippen LogP contribution in [-0.2, 0) is 0 Å². The number of nitrogens with zero attached hydrogens (tertiary/aromatic N) is 1. The van der Waals surface area contributed by atoms with Crippen LogP contribution in [0, 0.1) is 5.92 Å². The minimum atomic E-state index is 0.823. The van der Waals surface area contributed by atoms with Gasteiger partial charge in [0.05, 0.1) is 0 Å². The highest BCUT2D eigenvalue weighted by Gasteiger charge is 2.17. The van der Waals surface area contributed by atoms with E-state index in [1.807, 2.05) is 0 Å². The topological polar surface area (TPSA) is 15.3 Å². The first-order valence-electron chi connectivity index (χ1n) is 7.80. The minimum Gasteiger partial charge on any atom is -0.385 e. The molecule has 0 spiro atoms. The van der Waals surface area contributed by atoms with E-state index in [1.54, 1.807) is 0 Å². The summed E-state index contributed by atoms with van der Waals surface area (Å²) < 4.78 is 0. The van der Waals surface area contributed by atoms with Crippen molar-refractivity contribution in [2.75, 3.05) is 31.5 Å². The Kier molecular flexibility index (Phi) is 4.22. The number of anilines is 1. The molecule has 2 nitrogen and oxygen atoms in total. The van der Waals surface area contributed by atoms with E-state index in [9.17, 15) is 0 Å². The summed E-state index contributed by atoms with van der Waals surface area (Å²) in [7, 11) is 0. The molecule has 20 heavy (non-hydrogen) atoms. The Morgan fingerprint density at radius 3 is 2.55 bits per heavy atom. The predicted octanol–water partition coefficient (Wildman–Crippen LogP) is 3.98. The van der Waals surface area contributed by atoms with Gasteiger partial charge in [-0.2, -0.15) is 0 Å². The highest BCUT2D eigenvalue weighted by Crippen LogP contribution is 2.21. The van der Waals surface area contributed by atoms with Crippen molar-refractivity contribution in [1.82, 2.24) is 4.90 Å². The molecule has 0 aliphatic carbocycles. The van der Waals surface area contributed by atoms with E-state index in [1.165, 1.54) is 48.9 Å². The normalized spacial score (nSPS) is 17.4. The van der Waals surface area contributed by atoms with Crippen molar-refractivity contribution in [3.8, 4) is 0 Å². The minimum absolute atomic E-state index is 0.823. The van der Waals surface area contributed by atoms with Crippen LogP contribution in [0.4, 0.5) is 5.69 Å². The van der Waals surface area contributed by atoms with Gasteiger partial charge in [0, 0.05) is 12.2 Å². The van der Waals surface area contributed by atoms with Crippen LogP contribution in [0.15, 0.2) is 42.5 Å². The number of hydrogen-bond donors (Lipinski definition) is 1. The highest BCUT2D eigenvalue weighted by molar-refractivity contribution is 5.85. The van der Waals surface area contributed by atoms with E-state index in [4.69, 9.17) is 0 Å². The second-order valence-corrected chi connectivity index (χ2v) is 5.82. The van der Waals surface area contributed by atoms with E-state index in [-0.39, 0.29) is 0 Å². The summed E-state index contributed by atoms with van der Waals surface area (Å²) in [5.74, 6) is 0.823. The van der Waals surface area contributed by atoms with Gasteiger partial charge in [-0.1, -0.05) is 37.3 Å². The number of rotatable bonds is 4. The summed E-state index contributed by atoms with van der Waals surface area (Å²) in [5, 5.41) is 6.25. The van der Waals surface area contributed by atoms with E-state index < -0.39 is 0 Å². The molecule has 0 aromatic heterocycles. The summed E-state index contributed by atoms with van der Waals surface area (Å²) in [5.41, 5.74) is 1.25. The van der Waals surface area contributed by atoms with Gasteiger partial charge in [-0.3, -0.25) is 0 Å². The molecule has 3 rings (SSSR count). The number of hydrogen-bond acceptors (Lipinski definition) is 2. The van der Waals surface area contributed by atoms with Crippen LogP contribution in [0.25, 0.3) is 10.8 Å². The molecule has 2 heteroatoms. The van der Waals surface area contributed by atoms with Crippen molar-refractivity contribution in [3.63, 3.8) is 0 Å². The van der Waals surface area contributed by atoms with Crippen molar-refractivity contribution in [3.05, 3.63) is 42.5 Å². The Hall–Kier alpha value is -1.54. The molecule has 2 aromatic carbocycles. The molecule has 0 amide bonds. The van der Waals surface area contributed by atoms with Gasteiger partial charge < -0.3 is 10.2 Å². The lowest BCUT2D eigenvalue weighted by molar-refractivity contribution is 0.198. The lowest BCUT2D eigenvalue weighted by atomic mass is 9.96. The first kappa shape index (κ1) is 13.4. The van der Waals surface area contributed by atoms with E-state index >= 15 is 0 Å². The molecule has 1 heterocycles. The molecule has 0 atom stereocenters. The second kappa shape index (κ2) is 6.27. The molecule has 2 aromatic rings. The Morgan fingerprint density at radius 2 is 1.80 bits per heavy atom. The average Bonchev–Trinajstić information content (AvgIpc) is 2.53. The molecule has 0 unspecified atom stereocenters. The first-order valence-corrected chi connectivity index (χ1v) is 7.80. The van der Waals surface area contributed by atoms with Gasteiger partial charge in [0.2, 0.25) is 0 Å². The second-order valence-electron chi connectivity index (χ2n) is 5.82. The SMILES string of the molecule is CCN1CCC(CNc2ccc3ccccc3c2)CC1. The fourth-order valence-corrected chi connectivity index (χ4v) is 3.07.